The first kappa shape index (κ1) is 38.1. The number of amides is 3. The smallest absolute Gasteiger partial charge is 0.246 e. The van der Waals surface area contributed by atoms with Crippen LogP contribution in [0.5, 0.6) is 0 Å². The third kappa shape index (κ3) is 10.4. The van der Waals surface area contributed by atoms with E-state index in [1.165, 1.54) is 36.1 Å². The molecule has 2 saturated heterocycles. The van der Waals surface area contributed by atoms with Crippen molar-refractivity contribution < 1.29 is 23.9 Å². The van der Waals surface area contributed by atoms with Crippen LogP contribution in [0.15, 0.2) is 54.7 Å². The third-order valence-corrected chi connectivity index (χ3v) is 10.2. The highest BCUT2D eigenvalue weighted by Gasteiger charge is 2.44. The van der Waals surface area contributed by atoms with Crippen LogP contribution in [-0.4, -0.2) is 80.0 Å². The van der Waals surface area contributed by atoms with Gasteiger partial charge in [-0.05, 0) is 93.5 Å². The first-order valence-corrected chi connectivity index (χ1v) is 18.8. The van der Waals surface area contributed by atoms with E-state index < -0.39 is 24.2 Å². The monoisotopic (exact) mass is 703 g/mol. The highest BCUT2D eigenvalue weighted by Crippen LogP contribution is 2.32. The summed E-state index contributed by atoms with van der Waals surface area (Å²) in [5.41, 5.74) is 3.88. The third-order valence-electron chi connectivity index (χ3n) is 10.2. The number of carbonyl (C=O) groups is 3. The number of benzene rings is 2. The number of carbonyl (C=O) groups excluding carboxylic acids is 3. The zero-order valence-electron chi connectivity index (χ0n) is 30.0. The van der Waals surface area contributed by atoms with Crippen molar-refractivity contribution in [2.45, 2.75) is 128 Å². The summed E-state index contributed by atoms with van der Waals surface area (Å²) in [5.74, 6) is -1.28. The van der Waals surface area contributed by atoms with Gasteiger partial charge in [0.15, 0.2) is 0 Å². The van der Waals surface area contributed by atoms with E-state index in [-0.39, 0.29) is 42.7 Å². The van der Waals surface area contributed by atoms with Gasteiger partial charge in [-0.3, -0.25) is 19.1 Å². The lowest BCUT2D eigenvalue weighted by Crippen LogP contribution is -2.58. The number of nitrogens with one attached hydrogen (secondary N) is 3. The maximum Gasteiger partial charge on any atom is 0.246 e. The molecule has 2 fully saturated rings. The normalized spacial score (nSPS) is 20.3. The molecule has 276 valence electrons. The number of fused-ring (bicyclic) bond motifs is 1. The lowest BCUT2D eigenvalue weighted by atomic mass is 9.98. The molecule has 5 atom stereocenters. The molecule has 0 unspecified atom stereocenters. The van der Waals surface area contributed by atoms with Crippen molar-refractivity contribution in [1.82, 2.24) is 35.8 Å². The summed E-state index contributed by atoms with van der Waals surface area (Å²) in [4.78, 5) is 42.7. The van der Waals surface area contributed by atoms with Crippen molar-refractivity contribution in [2.24, 2.45) is 0 Å². The average Bonchev–Trinajstić information content (AvgIpc) is 3.79. The van der Waals surface area contributed by atoms with Crippen LogP contribution in [0.25, 0.3) is 0 Å². The fourth-order valence-corrected chi connectivity index (χ4v) is 7.23. The number of aromatic nitrogens is 3. The van der Waals surface area contributed by atoms with Crippen LogP contribution in [0.1, 0.15) is 106 Å². The summed E-state index contributed by atoms with van der Waals surface area (Å²) in [5, 5.41) is 26.9. The van der Waals surface area contributed by atoms with Gasteiger partial charge in [-0.2, -0.15) is 0 Å². The van der Waals surface area contributed by atoms with Crippen LogP contribution < -0.4 is 16.0 Å². The molecule has 2 aliphatic rings. The van der Waals surface area contributed by atoms with E-state index in [2.05, 4.69) is 57.5 Å². The highest BCUT2D eigenvalue weighted by molar-refractivity contribution is 5.94. The second-order valence-electron chi connectivity index (χ2n) is 14.0. The summed E-state index contributed by atoms with van der Waals surface area (Å²) in [6.45, 7) is 4.72. The molecule has 3 heterocycles. The Bertz CT molecular complexity index is 1560. The largest absolute Gasteiger partial charge is 0.395 e. The number of hydrogen-bond acceptors (Lipinski definition) is 7. The van der Waals surface area contributed by atoms with Gasteiger partial charge in [0.1, 0.15) is 23.6 Å². The van der Waals surface area contributed by atoms with E-state index in [0.717, 1.165) is 44.9 Å². The SMILES string of the molecule is CCCCc1ccc(CCCCn2cc([C@@H](NC(=O)[C@@H]3CC[C@@H]4CCCC[C@H](NC(=O)[C@H](C)NCCO)C(=O)N43)c3ccc(F)cc3)nn2)cc1. The molecule has 51 heavy (non-hydrogen) atoms. The molecule has 0 aliphatic carbocycles. The first-order chi connectivity index (χ1) is 24.8. The first-order valence-electron chi connectivity index (χ1n) is 18.8. The van der Waals surface area contributed by atoms with Crippen molar-refractivity contribution in [3.05, 3.63) is 82.9 Å². The topological polar surface area (TPSA) is 141 Å². The van der Waals surface area contributed by atoms with E-state index in [4.69, 9.17) is 5.11 Å². The minimum Gasteiger partial charge on any atom is -0.395 e. The Hall–Kier alpha value is -4.16. The van der Waals surface area contributed by atoms with E-state index in [1.54, 1.807) is 28.6 Å². The Morgan fingerprint density at radius 1 is 0.961 bits per heavy atom. The molecule has 4 N–H and O–H groups in total. The number of aliphatic hydroxyl groups excluding tert-OH is 1. The molecule has 2 aliphatic heterocycles. The van der Waals surface area contributed by atoms with Crippen LogP contribution >= 0.6 is 0 Å². The van der Waals surface area contributed by atoms with Crippen molar-refractivity contribution in [3.63, 3.8) is 0 Å². The molecular weight excluding hydrogens is 649 g/mol. The van der Waals surface area contributed by atoms with Gasteiger partial charge in [-0.15, -0.1) is 5.10 Å². The quantitative estimate of drug-likeness (QED) is 0.153. The summed E-state index contributed by atoms with van der Waals surface area (Å²) in [6.07, 6.45) is 12.4. The Morgan fingerprint density at radius 2 is 1.67 bits per heavy atom. The summed E-state index contributed by atoms with van der Waals surface area (Å²) < 4.78 is 15.7. The molecule has 0 bridgehead atoms. The number of nitrogens with zero attached hydrogens (tertiary/aromatic N) is 4. The van der Waals surface area contributed by atoms with Gasteiger partial charge >= 0.3 is 0 Å². The van der Waals surface area contributed by atoms with Crippen LogP contribution in [0.3, 0.4) is 0 Å². The minimum absolute atomic E-state index is 0.0953. The predicted octanol–water partition coefficient (Wildman–Crippen LogP) is 4.38. The maximum atomic E-state index is 14.1. The van der Waals surface area contributed by atoms with E-state index in [9.17, 15) is 18.8 Å². The maximum absolute atomic E-state index is 14.1. The number of halogens is 1. The van der Waals surface area contributed by atoms with Crippen molar-refractivity contribution in [3.8, 4) is 0 Å². The highest BCUT2D eigenvalue weighted by atomic mass is 19.1. The number of aliphatic hydroxyl groups is 1. The van der Waals surface area contributed by atoms with Gasteiger partial charge in [0, 0.05) is 19.1 Å². The Balaban J connectivity index is 1.24. The molecule has 0 radical (unpaired) electrons. The lowest BCUT2D eigenvalue weighted by molar-refractivity contribution is -0.144. The van der Waals surface area contributed by atoms with Crippen molar-refractivity contribution >= 4 is 17.7 Å². The number of rotatable bonds is 17. The van der Waals surface area contributed by atoms with Crippen LogP contribution in [0.4, 0.5) is 4.39 Å². The van der Waals surface area contributed by atoms with Crippen LogP contribution in [0.2, 0.25) is 0 Å². The van der Waals surface area contributed by atoms with E-state index in [0.29, 0.717) is 37.1 Å². The predicted molar refractivity (Wildman–Crippen MR) is 193 cm³/mol. The Kier molecular flexibility index (Phi) is 14.1. The fraction of sp³-hybridized carbons (Fsp3) is 0.564. The second kappa shape index (κ2) is 18.9. The van der Waals surface area contributed by atoms with Gasteiger partial charge in [0.05, 0.1) is 24.9 Å². The number of aryl methyl sites for hydroxylation is 3. The summed E-state index contributed by atoms with van der Waals surface area (Å²) in [6, 6.07) is 12.0. The molecule has 3 amide bonds. The zero-order valence-corrected chi connectivity index (χ0v) is 30.0. The van der Waals surface area contributed by atoms with Gasteiger partial charge in [0.2, 0.25) is 17.7 Å². The number of unbranched alkanes of at least 4 members (excludes halogenated alkanes) is 2. The van der Waals surface area contributed by atoms with Crippen LogP contribution in [-0.2, 0) is 33.8 Å². The molecule has 11 nitrogen and oxygen atoms in total. The van der Waals surface area contributed by atoms with Gasteiger partial charge in [-0.1, -0.05) is 67.8 Å². The molecule has 2 aromatic carbocycles. The fourth-order valence-electron chi connectivity index (χ4n) is 7.23. The molecular formula is C39H54FN7O4. The molecule has 12 heteroatoms. The molecule has 5 rings (SSSR count). The van der Waals surface area contributed by atoms with Crippen molar-refractivity contribution in [2.75, 3.05) is 13.2 Å². The van der Waals surface area contributed by atoms with E-state index >= 15 is 0 Å². The lowest BCUT2D eigenvalue weighted by Gasteiger charge is -2.36. The zero-order chi connectivity index (χ0) is 36.2. The Labute approximate surface area is 300 Å². The van der Waals surface area contributed by atoms with Gasteiger partial charge in [-0.25, -0.2) is 4.39 Å². The molecule has 0 saturated carbocycles. The van der Waals surface area contributed by atoms with Gasteiger partial charge < -0.3 is 26.0 Å². The second-order valence-corrected chi connectivity index (χ2v) is 14.0. The van der Waals surface area contributed by atoms with Crippen molar-refractivity contribution in [1.29, 1.82) is 0 Å². The number of hydrogen-bond donors (Lipinski definition) is 4. The van der Waals surface area contributed by atoms with E-state index in [1.807, 2.05) is 6.20 Å². The standard InChI is InChI=1S/C39H54FN7O4/c1-3-4-9-28-13-15-29(16-14-28)10-7-8-24-46-26-34(44-45-46)36(30-17-19-31(40)20-18-30)43-38(50)35-22-21-32-11-5-6-12-33(39(51)47(32)35)42-37(49)27(2)41-23-25-48/h13-20,26-27,32-33,35-36,41,48H,3-12,21-25H2,1-2H3,(H,42,49)(H,43,50)/t27-,32-,33-,35-,36-/m0/s1. The summed E-state index contributed by atoms with van der Waals surface area (Å²) in [7, 11) is 0. The van der Waals surface area contributed by atoms with Gasteiger partial charge in [0.25, 0.3) is 0 Å². The molecule has 0 spiro atoms. The summed E-state index contributed by atoms with van der Waals surface area (Å²) >= 11 is 0. The van der Waals surface area contributed by atoms with Crippen LogP contribution in [0, 0.1) is 5.82 Å². The Morgan fingerprint density at radius 3 is 2.37 bits per heavy atom. The average molecular weight is 704 g/mol. The minimum atomic E-state index is -0.745. The molecule has 1 aromatic heterocycles. The molecule has 3 aromatic rings.